The highest BCUT2D eigenvalue weighted by atomic mass is 32.2. The van der Waals surface area contributed by atoms with Crippen molar-refractivity contribution in [3.8, 4) is 0 Å². The number of rotatable bonds is 4. The van der Waals surface area contributed by atoms with Crippen LogP contribution >= 0.6 is 0 Å². The summed E-state index contributed by atoms with van der Waals surface area (Å²) in [4.78, 5) is 31.9. The van der Waals surface area contributed by atoms with Crippen LogP contribution in [0.1, 0.15) is 23.8 Å². The maximum atomic E-state index is 12.2. The Balaban J connectivity index is 1.53. The Labute approximate surface area is 158 Å². The molecule has 0 saturated carbocycles. The van der Waals surface area contributed by atoms with Gasteiger partial charge >= 0.3 is 6.09 Å². The topological polar surface area (TPSA) is 109 Å². The minimum absolute atomic E-state index is 0.0123. The van der Waals surface area contributed by atoms with Crippen molar-refractivity contribution in [1.82, 2.24) is 15.2 Å². The van der Waals surface area contributed by atoms with Gasteiger partial charge in [0, 0.05) is 32.2 Å². The third-order valence-corrected chi connectivity index (χ3v) is 6.49. The van der Waals surface area contributed by atoms with Crippen molar-refractivity contribution in [1.29, 1.82) is 0 Å². The molecule has 2 aliphatic heterocycles. The summed E-state index contributed by atoms with van der Waals surface area (Å²) in [6.07, 6.45) is 1.77. The van der Waals surface area contributed by atoms with E-state index in [1.807, 2.05) is 6.07 Å². The molecule has 10 heteroatoms. The van der Waals surface area contributed by atoms with Crippen molar-refractivity contribution in [2.75, 3.05) is 49.2 Å². The van der Waals surface area contributed by atoms with E-state index in [1.165, 1.54) is 0 Å². The molecule has 2 fully saturated rings. The molecule has 2 saturated heterocycles. The van der Waals surface area contributed by atoms with Gasteiger partial charge < -0.3 is 19.9 Å². The summed E-state index contributed by atoms with van der Waals surface area (Å²) < 4.78 is 28.0. The average molecular weight is 396 g/mol. The Kier molecular flexibility index (Phi) is 5.83. The Morgan fingerprint density at radius 3 is 2.56 bits per heavy atom. The largest absolute Gasteiger partial charge is 0.450 e. The predicted molar refractivity (Wildman–Crippen MR) is 99.6 cm³/mol. The number of nitrogens with zero attached hydrogens (tertiary/aromatic N) is 3. The van der Waals surface area contributed by atoms with Crippen molar-refractivity contribution in [2.45, 2.75) is 19.4 Å². The number of anilines is 1. The first-order valence-electron chi connectivity index (χ1n) is 9.02. The number of aromatic nitrogens is 1. The van der Waals surface area contributed by atoms with E-state index in [0.29, 0.717) is 39.2 Å². The number of hydrogen-bond donors (Lipinski definition) is 1. The summed E-state index contributed by atoms with van der Waals surface area (Å²) in [6.45, 7) is 4.59. The number of ether oxygens (including phenoxy) is 1. The van der Waals surface area contributed by atoms with E-state index < -0.39 is 9.84 Å². The van der Waals surface area contributed by atoms with Gasteiger partial charge in [-0.15, -0.1) is 0 Å². The zero-order valence-electron chi connectivity index (χ0n) is 15.3. The first-order chi connectivity index (χ1) is 12.9. The number of carbonyl (C=O) groups excluding carboxylic acids is 2. The van der Waals surface area contributed by atoms with Crippen LogP contribution in [0.5, 0.6) is 0 Å². The standard InChI is InChI=1S/C17H24N4O5S/c1-2-26-17(23)21-8-6-20(7-9-21)14-3-4-15(18-11-14)16(22)19-13-5-10-27(24,25)12-13/h3-4,11,13H,2,5-10,12H2,1H3,(H,19,22). The molecule has 0 aliphatic carbocycles. The first kappa shape index (κ1) is 19.4. The van der Waals surface area contributed by atoms with Crippen LogP contribution in [0.3, 0.4) is 0 Å². The highest BCUT2D eigenvalue weighted by Crippen LogP contribution is 2.17. The molecular formula is C17H24N4O5S. The van der Waals surface area contributed by atoms with Gasteiger partial charge in [0.05, 0.1) is 30.0 Å². The molecule has 0 radical (unpaired) electrons. The molecule has 27 heavy (non-hydrogen) atoms. The number of nitrogens with one attached hydrogen (secondary N) is 1. The molecule has 1 aromatic heterocycles. The highest BCUT2D eigenvalue weighted by Gasteiger charge is 2.29. The van der Waals surface area contributed by atoms with E-state index in [2.05, 4.69) is 15.2 Å². The van der Waals surface area contributed by atoms with Crippen LogP contribution < -0.4 is 10.2 Å². The maximum Gasteiger partial charge on any atom is 0.409 e. The molecule has 1 N–H and O–H groups in total. The number of carbonyl (C=O) groups is 2. The molecule has 1 atom stereocenters. The van der Waals surface area contributed by atoms with Crippen molar-refractivity contribution in [2.24, 2.45) is 0 Å². The molecule has 1 unspecified atom stereocenters. The molecule has 1 aromatic rings. The fraction of sp³-hybridized carbons (Fsp3) is 0.588. The fourth-order valence-corrected chi connectivity index (χ4v) is 4.91. The van der Waals surface area contributed by atoms with Gasteiger partial charge in [-0.3, -0.25) is 4.79 Å². The molecule has 2 aliphatic rings. The molecule has 9 nitrogen and oxygen atoms in total. The van der Waals surface area contributed by atoms with E-state index in [4.69, 9.17) is 4.74 Å². The average Bonchev–Trinajstić information content (AvgIpc) is 3.00. The molecule has 2 amide bonds. The lowest BCUT2D eigenvalue weighted by Crippen LogP contribution is -2.49. The molecular weight excluding hydrogens is 372 g/mol. The molecule has 0 aromatic carbocycles. The lowest BCUT2D eigenvalue weighted by atomic mass is 10.2. The minimum Gasteiger partial charge on any atom is -0.450 e. The summed E-state index contributed by atoms with van der Waals surface area (Å²) in [6, 6.07) is 3.10. The second-order valence-electron chi connectivity index (χ2n) is 6.65. The minimum atomic E-state index is -3.04. The summed E-state index contributed by atoms with van der Waals surface area (Å²) in [7, 11) is -3.04. The van der Waals surface area contributed by atoms with Crippen LogP contribution in [0, 0.1) is 0 Å². The van der Waals surface area contributed by atoms with Gasteiger partial charge in [-0.25, -0.2) is 18.2 Å². The lowest BCUT2D eigenvalue weighted by Gasteiger charge is -2.35. The van der Waals surface area contributed by atoms with Crippen molar-refractivity contribution in [3.63, 3.8) is 0 Å². The molecule has 0 bridgehead atoms. The van der Waals surface area contributed by atoms with E-state index >= 15 is 0 Å². The maximum absolute atomic E-state index is 12.2. The summed E-state index contributed by atoms with van der Waals surface area (Å²) in [5, 5.41) is 2.73. The fourth-order valence-electron chi connectivity index (χ4n) is 3.24. The predicted octanol–water partition coefficient (Wildman–Crippen LogP) is 0.277. The number of amides is 2. The number of sulfone groups is 1. The second kappa shape index (κ2) is 8.12. The number of piperazine rings is 1. The Morgan fingerprint density at radius 1 is 1.26 bits per heavy atom. The van der Waals surface area contributed by atoms with Gasteiger partial charge in [-0.05, 0) is 25.5 Å². The van der Waals surface area contributed by atoms with Gasteiger partial charge in [-0.2, -0.15) is 0 Å². The molecule has 0 spiro atoms. The first-order valence-corrected chi connectivity index (χ1v) is 10.8. The van der Waals surface area contributed by atoms with Crippen LogP contribution in [0.15, 0.2) is 18.3 Å². The summed E-state index contributed by atoms with van der Waals surface area (Å²) in [5.74, 6) is -0.264. The van der Waals surface area contributed by atoms with Gasteiger partial charge in [-0.1, -0.05) is 0 Å². The molecule has 3 heterocycles. The van der Waals surface area contributed by atoms with E-state index in [-0.39, 0.29) is 35.2 Å². The number of pyridine rings is 1. The van der Waals surface area contributed by atoms with Crippen molar-refractivity contribution < 1.29 is 22.7 Å². The zero-order valence-corrected chi connectivity index (χ0v) is 16.1. The molecule has 3 rings (SSSR count). The van der Waals surface area contributed by atoms with Gasteiger partial charge in [0.25, 0.3) is 5.91 Å². The van der Waals surface area contributed by atoms with E-state index in [9.17, 15) is 18.0 Å². The summed E-state index contributed by atoms with van der Waals surface area (Å²) >= 11 is 0. The van der Waals surface area contributed by atoms with Crippen molar-refractivity contribution in [3.05, 3.63) is 24.0 Å². The Morgan fingerprint density at radius 2 is 2.00 bits per heavy atom. The number of hydrogen-bond acceptors (Lipinski definition) is 7. The lowest BCUT2D eigenvalue weighted by molar-refractivity contribution is 0.0935. The highest BCUT2D eigenvalue weighted by molar-refractivity contribution is 7.91. The SMILES string of the molecule is CCOC(=O)N1CCN(c2ccc(C(=O)NC3CCS(=O)(=O)C3)nc2)CC1. The van der Waals surface area contributed by atoms with Gasteiger partial charge in [0.1, 0.15) is 5.69 Å². The normalized spacial score (nSPS) is 21.7. The third-order valence-electron chi connectivity index (χ3n) is 4.72. The monoisotopic (exact) mass is 396 g/mol. The summed E-state index contributed by atoms with van der Waals surface area (Å²) in [5.41, 5.74) is 1.13. The van der Waals surface area contributed by atoms with Crippen LogP contribution in [-0.2, 0) is 14.6 Å². The quantitative estimate of drug-likeness (QED) is 0.778. The third kappa shape index (κ3) is 4.88. The van der Waals surface area contributed by atoms with Crippen LogP contribution in [0.4, 0.5) is 10.5 Å². The van der Waals surface area contributed by atoms with Gasteiger partial charge in [0.15, 0.2) is 9.84 Å². The van der Waals surface area contributed by atoms with E-state index in [1.54, 1.807) is 24.1 Å². The smallest absolute Gasteiger partial charge is 0.409 e. The second-order valence-corrected chi connectivity index (χ2v) is 8.88. The Hall–Kier alpha value is -2.36. The van der Waals surface area contributed by atoms with Gasteiger partial charge in [0.2, 0.25) is 0 Å². The van der Waals surface area contributed by atoms with Crippen LogP contribution in [-0.4, -0.2) is 80.6 Å². The zero-order chi connectivity index (χ0) is 19.4. The Bertz CT molecular complexity index is 788. The van der Waals surface area contributed by atoms with Crippen LogP contribution in [0.2, 0.25) is 0 Å². The molecule has 148 valence electrons. The van der Waals surface area contributed by atoms with Crippen molar-refractivity contribution >= 4 is 27.5 Å². The van der Waals surface area contributed by atoms with E-state index in [0.717, 1.165) is 5.69 Å². The van der Waals surface area contributed by atoms with Crippen LogP contribution in [0.25, 0.3) is 0 Å².